The summed E-state index contributed by atoms with van der Waals surface area (Å²) in [4.78, 5) is 0. The summed E-state index contributed by atoms with van der Waals surface area (Å²) in [5.41, 5.74) is -0.0292. The second-order valence-electron chi connectivity index (χ2n) is 3.73. The molecule has 3 rings (SSSR count). The maximum absolute atomic E-state index is 12.8. The average molecular weight is 236 g/mol. The molecule has 1 aromatic carbocycles. The topological polar surface area (TPSA) is 17.3 Å². The molecule has 0 saturated heterocycles. The molecule has 0 aliphatic rings. The van der Waals surface area contributed by atoms with Crippen molar-refractivity contribution in [1.82, 2.24) is 9.61 Å². The van der Waals surface area contributed by atoms with E-state index in [0.717, 1.165) is 6.07 Å². The molecule has 0 aliphatic heterocycles. The Bertz CT molecular complexity index is 698. The van der Waals surface area contributed by atoms with Crippen molar-refractivity contribution in [3.05, 3.63) is 48.2 Å². The average Bonchev–Trinajstić information content (AvgIpc) is 2.65. The first-order chi connectivity index (χ1) is 8.07. The molecule has 0 amide bonds. The number of benzene rings is 1. The van der Waals surface area contributed by atoms with Crippen LogP contribution in [0.25, 0.3) is 16.4 Å². The van der Waals surface area contributed by atoms with Crippen molar-refractivity contribution in [2.45, 2.75) is 6.18 Å². The van der Waals surface area contributed by atoms with E-state index in [-0.39, 0.29) is 5.52 Å². The number of aromatic nitrogens is 2. The van der Waals surface area contributed by atoms with Gasteiger partial charge >= 0.3 is 6.18 Å². The van der Waals surface area contributed by atoms with Crippen LogP contribution in [0.4, 0.5) is 13.2 Å². The first-order valence-corrected chi connectivity index (χ1v) is 5.01. The Morgan fingerprint density at radius 3 is 2.59 bits per heavy atom. The Balaban J connectivity index is 2.48. The van der Waals surface area contributed by atoms with Gasteiger partial charge in [-0.15, -0.1) is 0 Å². The van der Waals surface area contributed by atoms with Gasteiger partial charge in [0.25, 0.3) is 0 Å². The molecule has 0 aliphatic carbocycles. The molecule has 0 N–H and O–H groups in total. The van der Waals surface area contributed by atoms with Gasteiger partial charge < -0.3 is 0 Å². The smallest absolute Gasteiger partial charge is 0.240 e. The Kier molecular flexibility index (Phi) is 1.92. The molecule has 0 radical (unpaired) electrons. The van der Waals surface area contributed by atoms with Crippen LogP contribution in [0, 0.1) is 0 Å². The predicted octanol–water partition coefficient (Wildman–Crippen LogP) is 3.51. The molecule has 5 heteroatoms. The van der Waals surface area contributed by atoms with E-state index in [9.17, 15) is 13.2 Å². The van der Waals surface area contributed by atoms with Gasteiger partial charge in [-0.05, 0) is 18.2 Å². The molecule has 0 bridgehead atoms. The second-order valence-corrected chi connectivity index (χ2v) is 3.73. The van der Waals surface area contributed by atoms with Crippen molar-refractivity contribution in [3.8, 4) is 0 Å². The van der Waals surface area contributed by atoms with Gasteiger partial charge in [0.1, 0.15) is 5.52 Å². The van der Waals surface area contributed by atoms with Crippen molar-refractivity contribution in [3.63, 3.8) is 0 Å². The van der Waals surface area contributed by atoms with Crippen LogP contribution >= 0.6 is 0 Å². The lowest BCUT2D eigenvalue weighted by molar-refractivity contribution is -0.136. The van der Waals surface area contributed by atoms with Crippen LogP contribution in [-0.4, -0.2) is 9.61 Å². The fourth-order valence-electron chi connectivity index (χ4n) is 1.93. The van der Waals surface area contributed by atoms with Crippen LogP contribution < -0.4 is 0 Å². The largest absolute Gasteiger partial charge is 0.418 e. The summed E-state index contributed by atoms with van der Waals surface area (Å²) in [6.45, 7) is 0. The molecule has 0 saturated carbocycles. The molecule has 0 unspecified atom stereocenters. The highest BCUT2D eigenvalue weighted by molar-refractivity contribution is 5.96. The molecule has 17 heavy (non-hydrogen) atoms. The summed E-state index contributed by atoms with van der Waals surface area (Å²) < 4.78 is 39.8. The minimum Gasteiger partial charge on any atom is -0.240 e. The van der Waals surface area contributed by atoms with Crippen LogP contribution in [0.15, 0.2) is 42.6 Å². The quantitative estimate of drug-likeness (QED) is 0.583. The standard InChI is InChI=1S/C12H7F3N2/c13-12(14,15)9-5-3-4-8-10-6-1-2-7-17(10)16-11(8)9/h1-7H. The number of alkyl halides is 3. The van der Waals surface area contributed by atoms with Crippen LogP contribution in [0.1, 0.15) is 5.56 Å². The van der Waals surface area contributed by atoms with E-state index in [4.69, 9.17) is 0 Å². The monoisotopic (exact) mass is 236 g/mol. The summed E-state index contributed by atoms with van der Waals surface area (Å²) in [6, 6.07) is 9.35. The van der Waals surface area contributed by atoms with Crippen LogP contribution in [0.3, 0.4) is 0 Å². The third-order valence-electron chi connectivity index (χ3n) is 2.66. The Morgan fingerprint density at radius 1 is 1.00 bits per heavy atom. The van der Waals surface area contributed by atoms with E-state index in [1.54, 1.807) is 30.5 Å². The second kappa shape index (κ2) is 3.23. The summed E-state index contributed by atoms with van der Waals surface area (Å²) >= 11 is 0. The molecular formula is C12H7F3N2. The number of rotatable bonds is 0. The highest BCUT2D eigenvalue weighted by Crippen LogP contribution is 2.35. The van der Waals surface area contributed by atoms with E-state index in [1.165, 1.54) is 10.6 Å². The molecular weight excluding hydrogens is 229 g/mol. The van der Waals surface area contributed by atoms with Crippen molar-refractivity contribution in [2.75, 3.05) is 0 Å². The lowest BCUT2D eigenvalue weighted by atomic mass is 10.1. The maximum Gasteiger partial charge on any atom is 0.418 e. The molecule has 0 spiro atoms. The predicted molar refractivity (Wildman–Crippen MR) is 57.7 cm³/mol. The fraction of sp³-hybridized carbons (Fsp3) is 0.0833. The van der Waals surface area contributed by atoms with Gasteiger partial charge in [0.15, 0.2) is 0 Å². The van der Waals surface area contributed by atoms with E-state index in [0.29, 0.717) is 10.9 Å². The number of hydrogen-bond donors (Lipinski definition) is 0. The van der Waals surface area contributed by atoms with E-state index in [1.807, 2.05) is 0 Å². The van der Waals surface area contributed by atoms with Crippen LogP contribution in [0.5, 0.6) is 0 Å². The van der Waals surface area contributed by atoms with Gasteiger partial charge in [0.2, 0.25) is 0 Å². The van der Waals surface area contributed by atoms with E-state index >= 15 is 0 Å². The first-order valence-electron chi connectivity index (χ1n) is 5.01. The first kappa shape index (κ1) is 10.1. The molecule has 0 atom stereocenters. The van der Waals surface area contributed by atoms with Crippen LogP contribution in [-0.2, 0) is 6.18 Å². The number of nitrogens with zero attached hydrogens (tertiary/aromatic N) is 2. The van der Waals surface area contributed by atoms with Gasteiger partial charge in [0, 0.05) is 11.6 Å². The van der Waals surface area contributed by atoms with Crippen molar-refractivity contribution >= 4 is 16.4 Å². The van der Waals surface area contributed by atoms with Gasteiger partial charge in [-0.2, -0.15) is 18.3 Å². The Labute approximate surface area is 94.3 Å². The molecule has 3 aromatic rings. The maximum atomic E-state index is 12.8. The summed E-state index contributed by atoms with van der Waals surface area (Å²) in [6.07, 6.45) is -2.74. The van der Waals surface area contributed by atoms with Crippen LogP contribution in [0.2, 0.25) is 0 Å². The SMILES string of the molecule is FC(F)(F)c1cccc2c1nn1ccccc21. The normalized spacial score (nSPS) is 12.4. The number of fused-ring (bicyclic) bond motifs is 3. The van der Waals surface area contributed by atoms with E-state index in [2.05, 4.69) is 5.10 Å². The van der Waals surface area contributed by atoms with Crippen molar-refractivity contribution < 1.29 is 13.2 Å². The number of halogens is 3. The zero-order valence-corrected chi connectivity index (χ0v) is 8.57. The summed E-state index contributed by atoms with van der Waals surface area (Å²) in [7, 11) is 0. The van der Waals surface area contributed by atoms with Crippen molar-refractivity contribution in [2.24, 2.45) is 0 Å². The number of hydrogen-bond acceptors (Lipinski definition) is 1. The zero-order valence-electron chi connectivity index (χ0n) is 8.57. The van der Waals surface area contributed by atoms with E-state index < -0.39 is 11.7 Å². The summed E-state index contributed by atoms with van der Waals surface area (Å²) in [5, 5.41) is 4.49. The highest BCUT2D eigenvalue weighted by atomic mass is 19.4. The summed E-state index contributed by atoms with van der Waals surface area (Å²) in [5.74, 6) is 0. The zero-order chi connectivity index (χ0) is 12.0. The molecule has 2 nitrogen and oxygen atoms in total. The fourth-order valence-corrected chi connectivity index (χ4v) is 1.93. The van der Waals surface area contributed by atoms with Gasteiger partial charge in [-0.3, -0.25) is 0 Å². The van der Waals surface area contributed by atoms with Gasteiger partial charge in [-0.25, -0.2) is 4.52 Å². The van der Waals surface area contributed by atoms with Gasteiger partial charge in [-0.1, -0.05) is 18.2 Å². The third-order valence-corrected chi connectivity index (χ3v) is 2.66. The Hall–Kier alpha value is -2.04. The van der Waals surface area contributed by atoms with Gasteiger partial charge in [0.05, 0.1) is 11.1 Å². The lowest BCUT2D eigenvalue weighted by Crippen LogP contribution is -2.05. The molecule has 0 fully saturated rings. The minimum atomic E-state index is -4.38. The third kappa shape index (κ3) is 1.46. The molecule has 2 heterocycles. The molecule has 86 valence electrons. The van der Waals surface area contributed by atoms with Crippen molar-refractivity contribution in [1.29, 1.82) is 0 Å². The number of pyridine rings is 1. The lowest BCUT2D eigenvalue weighted by Gasteiger charge is -2.05. The minimum absolute atomic E-state index is 0.00815. The molecule has 2 aromatic heterocycles. The highest BCUT2D eigenvalue weighted by Gasteiger charge is 2.33. The Morgan fingerprint density at radius 2 is 1.82 bits per heavy atom.